The Kier molecular flexibility index (Phi) is 7.15. The lowest BCUT2D eigenvalue weighted by Crippen LogP contribution is -2.43. The summed E-state index contributed by atoms with van der Waals surface area (Å²) in [6.07, 6.45) is 0.0129. The maximum Gasteiger partial charge on any atom is 0.324 e. The highest BCUT2D eigenvalue weighted by atomic mass is 32.2. The summed E-state index contributed by atoms with van der Waals surface area (Å²) >= 11 is 0. The fourth-order valence-corrected chi connectivity index (χ4v) is 4.57. The van der Waals surface area contributed by atoms with Gasteiger partial charge in [0.1, 0.15) is 22.4 Å². The number of benzene rings is 3. The molecule has 1 atom stereocenters. The van der Waals surface area contributed by atoms with Crippen molar-refractivity contribution in [1.29, 1.82) is 0 Å². The number of sulfonamides is 1. The minimum atomic E-state index is -4.33. The van der Waals surface area contributed by atoms with Gasteiger partial charge in [0.2, 0.25) is 10.0 Å². The highest BCUT2D eigenvalue weighted by molar-refractivity contribution is 7.89. The number of nitrogens with one attached hydrogen (secondary N) is 1. The largest absolute Gasteiger partial charge is 0.456 e. The molecule has 1 aromatic heterocycles. The fourth-order valence-electron chi connectivity index (χ4n) is 3.31. The van der Waals surface area contributed by atoms with Crippen molar-refractivity contribution in [3.63, 3.8) is 0 Å². The second-order valence-electron chi connectivity index (χ2n) is 7.45. The summed E-state index contributed by atoms with van der Waals surface area (Å²) in [6.45, 7) is -0.245. The van der Waals surface area contributed by atoms with Gasteiger partial charge in [-0.3, -0.25) is 4.79 Å². The molecule has 0 aliphatic carbocycles. The number of ether oxygens (including phenoxy) is 1. The van der Waals surface area contributed by atoms with Crippen molar-refractivity contribution in [3.8, 4) is 11.3 Å². The lowest BCUT2D eigenvalue weighted by atomic mass is 10.1. The zero-order valence-corrected chi connectivity index (χ0v) is 18.7. The van der Waals surface area contributed by atoms with Gasteiger partial charge in [-0.05, 0) is 24.1 Å². The van der Waals surface area contributed by atoms with Crippen molar-refractivity contribution in [1.82, 2.24) is 9.88 Å². The van der Waals surface area contributed by atoms with Crippen LogP contribution in [0.1, 0.15) is 11.3 Å². The Morgan fingerprint density at radius 2 is 1.62 bits per heavy atom. The van der Waals surface area contributed by atoms with Crippen molar-refractivity contribution < 1.29 is 26.9 Å². The predicted octanol–water partition coefficient (Wildman–Crippen LogP) is 4.11. The van der Waals surface area contributed by atoms with Gasteiger partial charge in [0.25, 0.3) is 0 Å². The van der Waals surface area contributed by atoms with E-state index in [9.17, 15) is 17.6 Å². The number of aromatic nitrogens is 1. The zero-order valence-electron chi connectivity index (χ0n) is 17.9. The van der Waals surface area contributed by atoms with Crippen molar-refractivity contribution in [2.45, 2.75) is 24.0 Å². The van der Waals surface area contributed by atoms with E-state index < -0.39 is 32.7 Å². The van der Waals surface area contributed by atoms with Gasteiger partial charge in [0.15, 0.2) is 12.4 Å². The molecular formula is C25H21FN2O5S. The predicted molar refractivity (Wildman–Crippen MR) is 122 cm³/mol. The minimum Gasteiger partial charge on any atom is -0.456 e. The third kappa shape index (κ3) is 5.75. The molecule has 4 aromatic rings. The summed E-state index contributed by atoms with van der Waals surface area (Å²) in [4.78, 5) is 12.3. The molecule has 1 heterocycles. The first-order chi connectivity index (χ1) is 16.4. The molecule has 0 fully saturated rings. The monoisotopic (exact) mass is 480 g/mol. The van der Waals surface area contributed by atoms with Crippen molar-refractivity contribution in [2.75, 3.05) is 0 Å². The molecule has 0 aliphatic rings. The van der Waals surface area contributed by atoms with Crippen LogP contribution in [0, 0.1) is 5.82 Å². The van der Waals surface area contributed by atoms with Gasteiger partial charge < -0.3 is 9.26 Å². The van der Waals surface area contributed by atoms with Crippen molar-refractivity contribution >= 4 is 16.0 Å². The SMILES string of the molecule is O=C(OCc1cc(-c2ccccc2)no1)[C@H](Cc1ccccc1)NS(=O)(=O)c1ccccc1F. The number of carbonyl (C=O) groups is 1. The summed E-state index contributed by atoms with van der Waals surface area (Å²) in [5, 5.41) is 3.97. The first-order valence-electron chi connectivity index (χ1n) is 10.4. The average Bonchev–Trinajstić information content (AvgIpc) is 3.32. The van der Waals surface area contributed by atoms with Crippen molar-refractivity contribution in [3.05, 3.63) is 108 Å². The van der Waals surface area contributed by atoms with E-state index in [4.69, 9.17) is 9.26 Å². The van der Waals surface area contributed by atoms with E-state index in [0.717, 1.165) is 17.7 Å². The van der Waals surface area contributed by atoms with E-state index in [1.165, 1.54) is 12.1 Å². The third-order valence-corrected chi connectivity index (χ3v) is 6.48. The molecular weight excluding hydrogens is 459 g/mol. The van der Waals surface area contributed by atoms with Crippen LogP contribution in [-0.4, -0.2) is 25.6 Å². The molecule has 0 unspecified atom stereocenters. The summed E-state index contributed by atoms with van der Waals surface area (Å²) in [5.41, 5.74) is 2.11. The van der Waals surface area contributed by atoms with Gasteiger partial charge in [-0.15, -0.1) is 0 Å². The molecule has 9 heteroatoms. The summed E-state index contributed by atoms with van der Waals surface area (Å²) < 4.78 is 52.6. The molecule has 1 N–H and O–H groups in total. The van der Waals surface area contributed by atoms with E-state index in [-0.39, 0.29) is 13.0 Å². The molecule has 7 nitrogen and oxygen atoms in total. The van der Waals surface area contributed by atoms with Gasteiger partial charge in [0, 0.05) is 11.6 Å². The number of esters is 1. The van der Waals surface area contributed by atoms with Crippen LogP contribution in [0.15, 0.2) is 100 Å². The highest BCUT2D eigenvalue weighted by Crippen LogP contribution is 2.20. The first kappa shape index (κ1) is 23.3. The third-order valence-electron chi connectivity index (χ3n) is 4.98. The Labute approximate surface area is 196 Å². The molecule has 174 valence electrons. The summed E-state index contributed by atoms with van der Waals surface area (Å²) in [6, 6.07) is 23.4. The standard InChI is InChI=1S/C25H21FN2O5S/c26-21-13-7-8-14-24(21)34(30,31)28-23(15-18-9-3-1-4-10-18)25(29)32-17-20-16-22(27-33-20)19-11-5-2-6-12-19/h1-14,16,23,28H,15,17H2/t23-/m0/s1. The molecule has 0 saturated heterocycles. The molecule has 4 rings (SSSR count). The van der Waals surface area contributed by atoms with Crippen LogP contribution in [-0.2, 0) is 32.6 Å². The van der Waals surface area contributed by atoms with Gasteiger partial charge in [-0.1, -0.05) is 78.0 Å². The van der Waals surface area contributed by atoms with Crippen LogP contribution in [0.2, 0.25) is 0 Å². The Morgan fingerprint density at radius 1 is 0.971 bits per heavy atom. The molecule has 0 radical (unpaired) electrons. The van der Waals surface area contributed by atoms with Crippen LogP contribution < -0.4 is 4.72 Å². The quantitative estimate of drug-likeness (QED) is 0.362. The van der Waals surface area contributed by atoms with E-state index >= 15 is 0 Å². The molecule has 34 heavy (non-hydrogen) atoms. The number of hydrogen-bond donors (Lipinski definition) is 1. The molecule has 0 saturated carbocycles. The van der Waals surface area contributed by atoms with Gasteiger partial charge in [-0.2, -0.15) is 4.72 Å². The Bertz CT molecular complexity index is 1360. The average molecular weight is 481 g/mol. The summed E-state index contributed by atoms with van der Waals surface area (Å²) in [7, 11) is -4.33. The molecule has 0 spiro atoms. The van der Waals surface area contributed by atoms with E-state index in [0.29, 0.717) is 17.0 Å². The maximum absolute atomic E-state index is 14.1. The number of hydrogen-bond acceptors (Lipinski definition) is 6. The molecule has 0 bridgehead atoms. The Balaban J connectivity index is 1.50. The molecule has 0 amide bonds. The second-order valence-corrected chi connectivity index (χ2v) is 9.13. The van der Waals surface area contributed by atoms with Crippen LogP contribution in [0.5, 0.6) is 0 Å². The van der Waals surface area contributed by atoms with Crippen LogP contribution in [0.3, 0.4) is 0 Å². The smallest absolute Gasteiger partial charge is 0.324 e. The lowest BCUT2D eigenvalue weighted by molar-refractivity contribution is -0.147. The number of rotatable bonds is 9. The topological polar surface area (TPSA) is 98.5 Å². The molecule has 0 aliphatic heterocycles. The van der Waals surface area contributed by atoms with E-state index in [1.807, 2.05) is 30.3 Å². The zero-order chi connectivity index (χ0) is 24.0. The highest BCUT2D eigenvalue weighted by Gasteiger charge is 2.29. The van der Waals surface area contributed by atoms with Gasteiger partial charge in [-0.25, -0.2) is 12.8 Å². The Hall–Kier alpha value is -3.82. The number of carbonyl (C=O) groups excluding carboxylic acids is 1. The van der Waals surface area contributed by atoms with Crippen LogP contribution >= 0.6 is 0 Å². The fraction of sp³-hybridized carbons (Fsp3) is 0.120. The van der Waals surface area contributed by atoms with Gasteiger partial charge >= 0.3 is 5.97 Å². The summed E-state index contributed by atoms with van der Waals surface area (Å²) in [5.74, 6) is -1.46. The van der Waals surface area contributed by atoms with Crippen molar-refractivity contribution in [2.24, 2.45) is 0 Å². The van der Waals surface area contributed by atoms with Crippen LogP contribution in [0.25, 0.3) is 11.3 Å². The number of nitrogens with zero attached hydrogens (tertiary/aromatic N) is 1. The number of halogens is 1. The Morgan fingerprint density at radius 3 is 2.32 bits per heavy atom. The maximum atomic E-state index is 14.1. The molecule has 3 aromatic carbocycles. The second kappa shape index (κ2) is 10.4. The minimum absolute atomic E-state index is 0.0129. The van der Waals surface area contributed by atoms with E-state index in [2.05, 4.69) is 9.88 Å². The first-order valence-corrected chi connectivity index (χ1v) is 11.9. The normalized spacial score (nSPS) is 12.3. The van der Waals surface area contributed by atoms with Crippen LogP contribution in [0.4, 0.5) is 4.39 Å². The lowest BCUT2D eigenvalue weighted by Gasteiger charge is -2.18. The van der Waals surface area contributed by atoms with E-state index in [1.54, 1.807) is 36.4 Å². The van der Waals surface area contributed by atoms with Gasteiger partial charge in [0.05, 0.1) is 0 Å².